The smallest absolute Gasteiger partial charge is 0.342 e. The molecule has 11 heteroatoms. The Balaban J connectivity index is 1.64. The van der Waals surface area contributed by atoms with E-state index in [2.05, 4.69) is 4.98 Å². The van der Waals surface area contributed by atoms with Crippen LogP contribution in [0.3, 0.4) is 0 Å². The van der Waals surface area contributed by atoms with E-state index in [-0.39, 0.29) is 44.0 Å². The molecule has 0 saturated carbocycles. The first kappa shape index (κ1) is 27.0. The summed E-state index contributed by atoms with van der Waals surface area (Å²) in [5.41, 5.74) is -1.00. The van der Waals surface area contributed by atoms with Crippen molar-refractivity contribution in [1.82, 2.24) is 9.55 Å². The number of ketones is 1. The molecule has 3 atom stereocenters. The lowest BCUT2D eigenvalue weighted by atomic mass is 9.63. The van der Waals surface area contributed by atoms with Crippen LogP contribution in [-0.4, -0.2) is 50.2 Å². The molecule has 0 fully saturated rings. The number of esters is 2. The Morgan fingerprint density at radius 2 is 1.76 bits per heavy atom. The minimum absolute atomic E-state index is 0.0511. The van der Waals surface area contributed by atoms with Gasteiger partial charge in [-0.3, -0.25) is 23.7 Å². The number of Topliss-reactive ketones (excluding diaryl/α,β-unsaturated/α-hetero) is 1. The summed E-state index contributed by atoms with van der Waals surface area (Å²) in [6.45, 7) is 5.80. The van der Waals surface area contributed by atoms with Gasteiger partial charge < -0.3 is 19.7 Å². The molecule has 224 valence electrons. The van der Waals surface area contributed by atoms with Gasteiger partial charge in [0.2, 0.25) is 5.88 Å². The molecule has 3 heterocycles. The first-order chi connectivity index (χ1) is 21.4. The molecule has 45 heavy (non-hydrogen) atoms. The van der Waals surface area contributed by atoms with E-state index in [1.807, 2.05) is 0 Å². The van der Waals surface area contributed by atoms with Gasteiger partial charge in [0, 0.05) is 41.2 Å². The highest BCUT2D eigenvalue weighted by Gasteiger charge is 2.67. The predicted molar refractivity (Wildman–Crippen MR) is 160 cm³/mol. The number of carbonyl (C=O) groups is 3. The van der Waals surface area contributed by atoms with E-state index in [9.17, 15) is 34.2 Å². The van der Waals surface area contributed by atoms with Crippen LogP contribution < -0.4 is 10.9 Å². The van der Waals surface area contributed by atoms with Gasteiger partial charge in [0.15, 0.2) is 16.6 Å². The summed E-state index contributed by atoms with van der Waals surface area (Å²) in [7, 11) is 0. The third kappa shape index (κ3) is 3.04. The van der Waals surface area contributed by atoms with Gasteiger partial charge in [0.1, 0.15) is 29.8 Å². The summed E-state index contributed by atoms with van der Waals surface area (Å²) in [5, 5.41) is 23.0. The number of aryl methyl sites for hydroxylation is 3. The van der Waals surface area contributed by atoms with E-state index in [4.69, 9.17) is 9.47 Å². The number of aromatic nitrogens is 2. The number of phenols is 1. The van der Waals surface area contributed by atoms with Crippen molar-refractivity contribution >= 4 is 39.3 Å². The zero-order valence-electron chi connectivity index (χ0n) is 24.5. The number of ether oxygens (including phenoxy) is 2. The highest BCUT2D eigenvalue weighted by molar-refractivity contribution is 6.19. The second-order valence-corrected chi connectivity index (χ2v) is 12.1. The number of carbonyl (C=O) groups excluding carboxylic acids is 3. The number of aromatic hydroxyl groups is 2. The van der Waals surface area contributed by atoms with Gasteiger partial charge in [-0.2, -0.15) is 0 Å². The number of fused-ring (bicyclic) bond motifs is 4. The minimum Gasteiger partial charge on any atom is -0.507 e. The van der Waals surface area contributed by atoms with Gasteiger partial charge in [0.05, 0.1) is 16.7 Å². The summed E-state index contributed by atoms with van der Waals surface area (Å²) in [6.07, 6.45) is 1.63. The molecular weight excluding hydrogens is 580 g/mol. The lowest BCUT2D eigenvalue weighted by Crippen LogP contribution is -2.55. The second kappa shape index (κ2) is 8.53. The molecule has 0 saturated heterocycles. The quantitative estimate of drug-likeness (QED) is 0.286. The molecule has 2 aliphatic carbocycles. The topological polar surface area (TPSA) is 162 Å². The molecular formula is C34H24N2O9. The molecule has 8 rings (SSSR count). The standard InChI is InChI=1S/C34H24N2O9/c1-12-6-5-7-35-31(12)36-10-16-21-19(13(2)8-17(38)22(21)32(36)42)24-25-29(41)20-14(3)9-18(39)23-26(20)34(11-44-33(23)43,27(24)28(16)40)30(25)45-15(4)37/h5-10,25,30,39,42H,11H2,1-4H3/t25-,30-,34-/m0/s1. The molecule has 0 amide bonds. The van der Waals surface area contributed by atoms with E-state index in [0.717, 1.165) is 0 Å². The summed E-state index contributed by atoms with van der Waals surface area (Å²) in [4.78, 5) is 73.3. The lowest BCUT2D eigenvalue weighted by molar-refractivity contribution is -0.150. The lowest BCUT2D eigenvalue weighted by Gasteiger charge is -2.44. The molecule has 2 bridgehead atoms. The van der Waals surface area contributed by atoms with Crippen molar-refractivity contribution in [3.8, 4) is 17.4 Å². The third-order valence-electron chi connectivity index (χ3n) is 9.64. The highest BCUT2D eigenvalue weighted by atomic mass is 16.6. The fourth-order valence-corrected chi connectivity index (χ4v) is 8.06. The fraction of sp³-hybridized carbons (Fsp3) is 0.235. The van der Waals surface area contributed by atoms with Crippen molar-refractivity contribution in [1.29, 1.82) is 0 Å². The Labute approximate surface area is 253 Å². The number of pyridine rings is 2. The average Bonchev–Trinajstić information content (AvgIpc) is 3.18. The molecule has 5 aromatic rings. The van der Waals surface area contributed by atoms with Crippen LogP contribution in [0.4, 0.5) is 0 Å². The molecule has 2 aromatic heterocycles. The van der Waals surface area contributed by atoms with E-state index < -0.39 is 64.3 Å². The van der Waals surface area contributed by atoms with Crippen molar-refractivity contribution < 1.29 is 34.1 Å². The predicted octanol–water partition coefficient (Wildman–Crippen LogP) is 3.36. The largest absolute Gasteiger partial charge is 0.507 e. The first-order valence-electron chi connectivity index (χ1n) is 14.3. The Morgan fingerprint density at radius 3 is 2.47 bits per heavy atom. The van der Waals surface area contributed by atoms with Crippen LogP contribution in [0, 0.1) is 20.8 Å². The summed E-state index contributed by atoms with van der Waals surface area (Å²) in [6, 6.07) is 6.12. The number of rotatable bonds is 2. The summed E-state index contributed by atoms with van der Waals surface area (Å²) < 4.78 is 12.8. The average molecular weight is 605 g/mol. The fourth-order valence-electron chi connectivity index (χ4n) is 8.06. The van der Waals surface area contributed by atoms with Crippen LogP contribution >= 0.6 is 0 Å². The molecule has 0 unspecified atom stereocenters. The summed E-state index contributed by atoms with van der Waals surface area (Å²) in [5.74, 6) is -3.87. The summed E-state index contributed by atoms with van der Waals surface area (Å²) >= 11 is 0. The Morgan fingerprint density at radius 1 is 1.00 bits per heavy atom. The van der Waals surface area contributed by atoms with E-state index in [1.165, 1.54) is 36.0 Å². The van der Waals surface area contributed by atoms with Gasteiger partial charge in [-0.05, 0) is 72.2 Å². The van der Waals surface area contributed by atoms with Crippen LogP contribution in [0.1, 0.15) is 66.9 Å². The van der Waals surface area contributed by atoms with Gasteiger partial charge in [-0.1, -0.05) is 6.07 Å². The Hall–Kier alpha value is -5.58. The van der Waals surface area contributed by atoms with Crippen LogP contribution in [0.15, 0.2) is 46.2 Å². The van der Waals surface area contributed by atoms with Crippen LogP contribution in [0.2, 0.25) is 0 Å². The third-order valence-corrected chi connectivity index (χ3v) is 9.64. The van der Waals surface area contributed by atoms with Gasteiger partial charge in [-0.15, -0.1) is 0 Å². The Kier molecular flexibility index (Phi) is 5.12. The molecule has 1 aliphatic heterocycles. The number of hydrogen-bond donors (Lipinski definition) is 2. The molecule has 11 nitrogen and oxygen atoms in total. The van der Waals surface area contributed by atoms with Crippen LogP contribution in [-0.2, 0) is 19.7 Å². The first-order valence-corrected chi connectivity index (χ1v) is 14.3. The normalized spacial score (nSPS) is 21.2. The maximum absolute atomic E-state index is 15.0. The van der Waals surface area contributed by atoms with E-state index in [0.29, 0.717) is 27.9 Å². The van der Waals surface area contributed by atoms with Gasteiger partial charge in [0.25, 0.3) is 0 Å². The van der Waals surface area contributed by atoms with Crippen molar-refractivity contribution in [3.63, 3.8) is 0 Å². The number of cyclic esters (lactones) is 1. The minimum atomic E-state index is -1.64. The van der Waals surface area contributed by atoms with Crippen molar-refractivity contribution in [2.45, 2.75) is 45.1 Å². The zero-order valence-corrected chi connectivity index (χ0v) is 24.5. The van der Waals surface area contributed by atoms with Gasteiger partial charge >= 0.3 is 11.9 Å². The molecule has 3 aromatic carbocycles. The zero-order chi connectivity index (χ0) is 31.9. The molecule has 2 N–H and O–H groups in total. The van der Waals surface area contributed by atoms with Gasteiger partial charge in [-0.25, -0.2) is 9.78 Å². The van der Waals surface area contributed by atoms with Crippen molar-refractivity contribution in [2.24, 2.45) is 0 Å². The van der Waals surface area contributed by atoms with Crippen LogP contribution in [0.5, 0.6) is 11.6 Å². The molecule has 1 spiro atoms. The van der Waals surface area contributed by atoms with E-state index >= 15 is 0 Å². The number of phenolic OH excluding ortho intramolecular Hbond substituents is 1. The van der Waals surface area contributed by atoms with Crippen molar-refractivity contribution in [2.75, 3.05) is 6.61 Å². The van der Waals surface area contributed by atoms with Crippen LogP contribution in [0.25, 0.3) is 27.4 Å². The number of benzene rings is 3. The number of hydrogen-bond acceptors (Lipinski definition) is 10. The molecule has 3 aliphatic rings. The second-order valence-electron chi connectivity index (χ2n) is 12.1. The maximum Gasteiger partial charge on any atom is 0.342 e. The SMILES string of the molecule is CC(=O)O[C@H]1[C@@H]2C(=O)c3c(C)cc(O)c4c3[C@@]1(COC4=O)c1c2c2c(C)cc(=O)c3c(O)n(-c4ncccc4C)cc(c1=O)c23. The Bertz CT molecular complexity index is 2390. The molecule has 0 radical (unpaired) electrons. The highest BCUT2D eigenvalue weighted by Crippen LogP contribution is 2.61. The van der Waals surface area contributed by atoms with Crippen molar-refractivity contribution in [3.05, 3.63) is 102 Å². The monoisotopic (exact) mass is 604 g/mol. The maximum atomic E-state index is 15.0. The number of nitrogens with zero attached hydrogens (tertiary/aromatic N) is 2. The van der Waals surface area contributed by atoms with E-state index in [1.54, 1.807) is 32.9 Å².